The van der Waals surface area contributed by atoms with Gasteiger partial charge in [0.25, 0.3) is 0 Å². The quantitative estimate of drug-likeness (QED) is 0.811. The molecule has 15 heavy (non-hydrogen) atoms. The Balaban J connectivity index is 1.81. The van der Waals surface area contributed by atoms with Crippen LogP contribution in [0.3, 0.4) is 0 Å². The molecule has 0 bridgehead atoms. The minimum Gasteiger partial charge on any atom is -0.481 e. The summed E-state index contributed by atoms with van der Waals surface area (Å²) in [5.74, 6) is -0.184. The molecular weight excluding hydrogens is 194 g/mol. The summed E-state index contributed by atoms with van der Waals surface area (Å²) in [7, 11) is 0. The number of rotatable bonds is 3. The molecule has 1 N–H and O–H groups in total. The second-order valence-corrected chi connectivity index (χ2v) is 4.21. The average Bonchev–Trinajstić information content (AvgIpc) is 2.71. The third-order valence-corrected chi connectivity index (χ3v) is 3.13. The normalized spacial score (nSPS) is 26.4. The Hall–Kier alpha value is -1.39. The molecule has 1 saturated carbocycles. The Labute approximate surface area is 88.1 Å². The zero-order valence-electron chi connectivity index (χ0n) is 8.54. The summed E-state index contributed by atoms with van der Waals surface area (Å²) in [5.41, 5.74) is 0. The first-order valence-electron chi connectivity index (χ1n) is 5.31. The van der Waals surface area contributed by atoms with E-state index < -0.39 is 5.97 Å². The first kappa shape index (κ1) is 10.1. The first-order valence-corrected chi connectivity index (χ1v) is 5.31. The molecule has 0 saturated heterocycles. The Morgan fingerprint density at radius 2 is 1.87 bits per heavy atom. The minimum atomic E-state index is -0.641. The van der Waals surface area contributed by atoms with Crippen LogP contribution in [0.2, 0.25) is 0 Å². The van der Waals surface area contributed by atoms with Crippen molar-refractivity contribution in [3.63, 3.8) is 0 Å². The first-order chi connectivity index (χ1) is 7.25. The van der Waals surface area contributed by atoms with Crippen molar-refractivity contribution < 1.29 is 9.90 Å². The third kappa shape index (κ3) is 2.55. The summed E-state index contributed by atoms with van der Waals surface area (Å²) < 4.78 is 1.96. The smallest absolute Gasteiger partial charge is 0.306 e. The van der Waals surface area contributed by atoms with Gasteiger partial charge in [0.15, 0.2) is 0 Å². The molecule has 0 aromatic carbocycles. The van der Waals surface area contributed by atoms with E-state index >= 15 is 0 Å². The fraction of sp³-hybridized carbons (Fsp3) is 0.700. The van der Waals surface area contributed by atoms with Gasteiger partial charge in [-0.3, -0.25) is 4.79 Å². The van der Waals surface area contributed by atoms with Crippen molar-refractivity contribution in [1.82, 2.24) is 14.8 Å². The Bertz CT molecular complexity index is 315. The highest BCUT2D eigenvalue weighted by Gasteiger charge is 2.25. The van der Waals surface area contributed by atoms with E-state index in [1.807, 2.05) is 4.57 Å². The Morgan fingerprint density at radius 1 is 1.27 bits per heavy atom. The van der Waals surface area contributed by atoms with Gasteiger partial charge in [-0.15, -0.1) is 10.2 Å². The van der Waals surface area contributed by atoms with Crippen LogP contribution in [0, 0.1) is 11.8 Å². The molecule has 5 heteroatoms. The molecule has 0 atom stereocenters. The van der Waals surface area contributed by atoms with Crippen molar-refractivity contribution in [3.05, 3.63) is 12.7 Å². The monoisotopic (exact) mass is 209 g/mol. The molecule has 0 spiro atoms. The van der Waals surface area contributed by atoms with Gasteiger partial charge in [0.2, 0.25) is 0 Å². The van der Waals surface area contributed by atoms with Gasteiger partial charge >= 0.3 is 5.97 Å². The molecule has 2 rings (SSSR count). The molecule has 1 heterocycles. The van der Waals surface area contributed by atoms with Crippen LogP contribution in [0.4, 0.5) is 0 Å². The molecule has 0 radical (unpaired) electrons. The SMILES string of the molecule is O=C(O)C1CCC(Cn2cnnc2)CC1. The molecule has 1 fully saturated rings. The molecule has 1 aromatic rings. The zero-order chi connectivity index (χ0) is 10.7. The van der Waals surface area contributed by atoms with Gasteiger partial charge in [-0.1, -0.05) is 0 Å². The van der Waals surface area contributed by atoms with Crippen molar-refractivity contribution in [2.45, 2.75) is 32.2 Å². The maximum atomic E-state index is 10.8. The maximum absolute atomic E-state index is 10.8. The zero-order valence-corrected chi connectivity index (χ0v) is 8.54. The topological polar surface area (TPSA) is 68.0 Å². The van der Waals surface area contributed by atoms with Gasteiger partial charge in [0.1, 0.15) is 12.7 Å². The van der Waals surface area contributed by atoms with E-state index in [1.54, 1.807) is 12.7 Å². The van der Waals surface area contributed by atoms with Crippen molar-refractivity contribution >= 4 is 5.97 Å². The predicted molar refractivity (Wildman–Crippen MR) is 53.1 cm³/mol. The van der Waals surface area contributed by atoms with Crippen LogP contribution in [-0.4, -0.2) is 25.8 Å². The van der Waals surface area contributed by atoms with Crippen LogP contribution in [0.25, 0.3) is 0 Å². The Morgan fingerprint density at radius 3 is 2.40 bits per heavy atom. The molecule has 1 aliphatic carbocycles. The number of carbonyl (C=O) groups is 1. The lowest BCUT2D eigenvalue weighted by atomic mass is 9.82. The van der Waals surface area contributed by atoms with E-state index in [0.29, 0.717) is 5.92 Å². The highest BCUT2D eigenvalue weighted by molar-refractivity contribution is 5.69. The fourth-order valence-corrected chi connectivity index (χ4v) is 2.21. The van der Waals surface area contributed by atoms with Crippen LogP contribution in [-0.2, 0) is 11.3 Å². The summed E-state index contributed by atoms with van der Waals surface area (Å²) >= 11 is 0. The van der Waals surface area contributed by atoms with Crippen LogP contribution >= 0.6 is 0 Å². The number of carboxylic acid groups (broad SMARTS) is 1. The number of carboxylic acids is 1. The maximum Gasteiger partial charge on any atom is 0.306 e. The van der Waals surface area contributed by atoms with Gasteiger partial charge in [-0.25, -0.2) is 0 Å². The van der Waals surface area contributed by atoms with Gasteiger partial charge < -0.3 is 9.67 Å². The number of nitrogens with zero attached hydrogens (tertiary/aromatic N) is 3. The molecule has 0 aliphatic heterocycles. The van der Waals surface area contributed by atoms with Gasteiger partial charge in [-0.05, 0) is 31.6 Å². The van der Waals surface area contributed by atoms with Crippen molar-refractivity contribution in [3.8, 4) is 0 Å². The van der Waals surface area contributed by atoms with E-state index in [-0.39, 0.29) is 5.92 Å². The Kier molecular flexibility index (Phi) is 2.99. The molecule has 1 aromatic heterocycles. The molecule has 1 aliphatic rings. The number of aliphatic carboxylic acids is 1. The van der Waals surface area contributed by atoms with Crippen LogP contribution in [0.5, 0.6) is 0 Å². The van der Waals surface area contributed by atoms with Crippen LogP contribution < -0.4 is 0 Å². The van der Waals surface area contributed by atoms with Gasteiger partial charge in [0, 0.05) is 6.54 Å². The van der Waals surface area contributed by atoms with Gasteiger partial charge in [0.05, 0.1) is 5.92 Å². The van der Waals surface area contributed by atoms with Crippen LogP contribution in [0.15, 0.2) is 12.7 Å². The van der Waals surface area contributed by atoms with Crippen LogP contribution in [0.1, 0.15) is 25.7 Å². The van der Waals surface area contributed by atoms with E-state index in [1.165, 1.54) is 0 Å². The summed E-state index contributed by atoms with van der Waals surface area (Å²) in [6.45, 7) is 0.916. The standard InChI is InChI=1S/C10H15N3O2/c14-10(15)9-3-1-8(2-4-9)5-13-6-11-12-7-13/h6-9H,1-5H2,(H,14,15). The molecular formula is C10H15N3O2. The largest absolute Gasteiger partial charge is 0.481 e. The van der Waals surface area contributed by atoms with Crippen molar-refractivity contribution in [2.75, 3.05) is 0 Å². The predicted octanol–water partition coefficient (Wildman–Crippen LogP) is 1.17. The molecule has 5 nitrogen and oxygen atoms in total. The molecule has 0 unspecified atom stereocenters. The van der Waals surface area contributed by atoms with Crippen molar-refractivity contribution in [1.29, 1.82) is 0 Å². The summed E-state index contributed by atoms with van der Waals surface area (Å²) in [6, 6.07) is 0. The molecule has 0 amide bonds. The number of hydrogen-bond donors (Lipinski definition) is 1. The fourth-order valence-electron chi connectivity index (χ4n) is 2.21. The minimum absolute atomic E-state index is 0.123. The summed E-state index contributed by atoms with van der Waals surface area (Å²) in [4.78, 5) is 10.8. The second kappa shape index (κ2) is 4.42. The number of aromatic nitrogens is 3. The highest BCUT2D eigenvalue weighted by atomic mass is 16.4. The van der Waals surface area contributed by atoms with Crippen molar-refractivity contribution in [2.24, 2.45) is 11.8 Å². The lowest BCUT2D eigenvalue weighted by Crippen LogP contribution is -2.23. The van der Waals surface area contributed by atoms with E-state index in [0.717, 1.165) is 32.2 Å². The van der Waals surface area contributed by atoms with E-state index in [9.17, 15) is 4.79 Å². The third-order valence-electron chi connectivity index (χ3n) is 3.13. The molecule has 82 valence electrons. The van der Waals surface area contributed by atoms with Gasteiger partial charge in [-0.2, -0.15) is 0 Å². The number of hydrogen-bond acceptors (Lipinski definition) is 3. The second-order valence-electron chi connectivity index (χ2n) is 4.21. The average molecular weight is 209 g/mol. The van der Waals surface area contributed by atoms with E-state index in [4.69, 9.17) is 5.11 Å². The highest BCUT2D eigenvalue weighted by Crippen LogP contribution is 2.29. The summed E-state index contributed by atoms with van der Waals surface area (Å²) in [5, 5.41) is 16.4. The summed E-state index contributed by atoms with van der Waals surface area (Å²) in [6.07, 6.45) is 7.03. The van der Waals surface area contributed by atoms with E-state index in [2.05, 4.69) is 10.2 Å². The lowest BCUT2D eigenvalue weighted by Gasteiger charge is -2.25. The lowest BCUT2D eigenvalue weighted by molar-refractivity contribution is -0.143.